The van der Waals surface area contributed by atoms with Crippen LogP contribution < -0.4 is 0 Å². The molecule has 0 atom stereocenters. The summed E-state index contributed by atoms with van der Waals surface area (Å²) >= 11 is 0. The van der Waals surface area contributed by atoms with Crippen molar-refractivity contribution in [2.45, 2.75) is 0 Å². The lowest BCUT2D eigenvalue weighted by molar-refractivity contribution is 0.673. The first kappa shape index (κ1) is 27.7. The molecule has 0 saturated carbocycles. The van der Waals surface area contributed by atoms with Gasteiger partial charge in [-0.3, -0.25) is 0 Å². The van der Waals surface area contributed by atoms with Gasteiger partial charge >= 0.3 is 0 Å². The molecule has 1 heteroatoms. The molecule has 10 aromatic rings. The molecule has 0 aliphatic rings. The Kier molecular flexibility index (Phi) is 6.25. The first-order chi connectivity index (χ1) is 24.3. The molecular formula is C48H30O. The number of benzene rings is 9. The molecule has 0 unspecified atom stereocenters. The standard InChI is InChI=1S/C48H30O/c1-2-12-31(13-3-1)32-22-24-34(25-23-32)36-15-6-7-17-39(36)47-42-20-10-8-18-40(42)46(41-19-9-11-21-43(41)47)35-27-28-38-44-29-26-33-14-4-5-16-37(33)48(44)49-45(38)30-35/h1-30H. The molecule has 10 rings (SSSR count). The van der Waals surface area contributed by atoms with Gasteiger partial charge in [0.15, 0.2) is 0 Å². The van der Waals surface area contributed by atoms with Crippen molar-refractivity contribution >= 4 is 54.3 Å². The maximum Gasteiger partial charge on any atom is 0.143 e. The lowest BCUT2D eigenvalue weighted by Gasteiger charge is -2.19. The number of furan rings is 1. The molecule has 0 spiro atoms. The molecule has 0 bridgehead atoms. The second-order valence-corrected chi connectivity index (χ2v) is 12.8. The molecule has 228 valence electrons. The third-order valence-corrected chi connectivity index (χ3v) is 10.1. The van der Waals surface area contributed by atoms with Crippen LogP contribution in [-0.2, 0) is 0 Å². The molecule has 0 aliphatic heterocycles. The molecule has 1 heterocycles. The van der Waals surface area contributed by atoms with Gasteiger partial charge in [0.1, 0.15) is 11.2 Å². The molecule has 1 nitrogen and oxygen atoms in total. The fourth-order valence-electron chi connectivity index (χ4n) is 7.82. The highest BCUT2D eigenvalue weighted by atomic mass is 16.3. The fourth-order valence-corrected chi connectivity index (χ4v) is 7.82. The van der Waals surface area contributed by atoms with Gasteiger partial charge in [-0.15, -0.1) is 0 Å². The Morgan fingerprint density at radius 2 is 0.796 bits per heavy atom. The van der Waals surface area contributed by atoms with Crippen molar-refractivity contribution in [3.63, 3.8) is 0 Å². The van der Waals surface area contributed by atoms with Crippen LogP contribution in [0.3, 0.4) is 0 Å². The van der Waals surface area contributed by atoms with Gasteiger partial charge in [0.05, 0.1) is 0 Å². The predicted octanol–water partition coefficient (Wildman–Crippen LogP) is 13.7. The maximum atomic E-state index is 6.65. The van der Waals surface area contributed by atoms with Crippen LogP contribution in [0.5, 0.6) is 0 Å². The third-order valence-electron chi connectivity index (χ3n) is 10.1. The van der Waals surface area contributed by atoms with E-state index in [4.69, 9.17) is 4.42 Å². The average Bonchev–Trinajstić information content (AvgIpc) is 3.56. The normalized spacial score (nSPS) is 11.7. The molecule has 9 aromatic carbocycles. The van der Waals surface area contributed by atoms with Crippen molar-refractivity contribution in [1.82, 2.24) is 0 Å². The first-order valence-electron chi connectivity index (χ1n) is 16.8. The number of hydrogen-bond donors (Lipinski definition) is 0. The molecule has 0 amide bonds. The SMILES string of the molecule is c1ccc(-c2ccc(-c3ccccc3-c3c4ccccc4c(-c4ccc5c(c4)oc4c6ccccc6ccc54)c4ccccc34)cc2)cc1. The van der Waals surface area contributed by atoms with Crippen LogP contribution in [0.2, 0.25) is 0 Å². The largest absolute Gasteiger partial charge is 0.455 e. The zero-order valence-electron chi connectivity index (χ0n) is 26.7. The van der Waals surface area contributed by atoms with E-state index in [0.29, 0.717) is 0 Å². The van der Waals surface area contributed by atoms with Crippen molar-refractivity contribution in [3.05, 3.63) is 182 Å². The van der Waals surface area contributed by atoms with Crippen molar-refractivity contribution in [3.8, 4) is 44.5 Å². The Hall–Kier alpha value is -6.44. The zero-order chi connectivity index (χ0) is 32.3. The molecule has 1 aromatic heterocycles. The number of hydrogen-bond acceptors (Lipinski definition) is 1. The fraction of sp³-hybridized carbons (Fsp3) is 0. The van der Waals surface area contributed by atoms with E-state index in [1.165, 1.54) is 65.9 Å². The molecule has 0 fully saturated rings. The van der Waals surface area contributed by atoms with Gasteiger partial charge in [-0.2, -0.15) is 0 Å². The summed E-state index contributed by atoms with van der Waals surface area (Å²) in [5.41, 5.74) is 11.6. The highest BCUT2D eigenvalue weighted by Gasteiger charge is 2.20. The van der Waals surface area contributed by atoms with E-state index in [1.54, 1.807) is 0 Å². The van der Waals surface area contributed by atoms with E-state index in [-0.39, 0.29) is 0 Å². The van der Waals surface area contributed by atoms with E-state index in [2.05, 4.69) is 182 Å². The lowest BCUT2D eigenvalue weighted by Crippen LogP contribution is -1.92. The van der Waals surface area contributed by atoms with Crippen molar-refractivity contribution in [2.75, 3.05) is 0 Å². The molecule has 0 aliphatic carbocycles. The summed E-state index contributed by atoms with van der Waals surface area (Å²) in [7, 11) is 0. The average molecular weight is 623 g/mol. The Bertz CT molecular complexity index is 2800. The van der Waals surface area contributed by atoms with Gasteiger partial charge in [-0.1, -0.05) is 164 Å². The zero-order valence-corrected chi connectivity index (χ0v) is 26.7. The van der Waals surface area contributed by atoms with Gasteiger partial charge < -0.3 is 4.42 Å². The lowest BCUT2D eigenvalue weighted by atomic mass is 9.83. The van der Waals surface area contributed by atoms with Crippen molar-refractivity contribution in [1.29, 1.82) is 0 Å². The summed E-state index contributed by atoms with van der Waals surface area (Å²) in [6, 6.07) is 65.7. The maximum absolute atomic E-state index is 6.65. The van der Waals surface area contributed by atoms with Gasteiger partial charge in [0.2, 0.25) is 0 Å². The minimum atomic E-state index is 0.908. The topological polar surface area (TPSA) is 13.1 Å². The molecule has 0 radical (unpaired) electrons. The van der Waals surface area contributed by atoms with Gasteiger partial charge in [-0.25, -0.2) is 0 Å². The number of fused-ring (bicyclic) bond motifs is 7. The minimum Gasteiger partial charge on any atom is -0.455 e. The molecule has 0 saturated heterocycles. The smallest absolute Gasteiger partial charge is 0.143 e. The molecule has 49 heavy (non-hydrogen) atoms. The number of rotatable bonds is 4. The molecule has 0 N–H and O–H groups in total. The summed E-state index contributed by atoms with van der Waals surface area (Å²) in [5, 5.41) is 9.56. The van der Waals surface area contributed by atoms with E-state index in [1.807, 2.05) is 0 Å². The van der Waals surface area contributed by atoms with Crippen LogP contribution in [0.15, 0.2) is 186 Å². The summed E-state index contributed by atoms with van der Waals surface area (Å²) < 4.78 is 6.65. The van der Waals surface area contributed by atoms with Crippen LogP contribution in [0.1, 0.15) is 0 Å². The van der Waals surface area contributed by atoms with Gasteiger partial charge in [0, 0.05) is 16.2 Å². The second-order valence-electron chi connectivity index (χ2n) is 12.8. The van der Waals surface area contributed by atoms with Crippen molar-refractivity contribution in [2.24, 2.45) is 0 Å². The van der Waals surface area contributed by atoms with Crippen molar-refractivity contribution < 1.29 is 4.42 Å². The van der Waals surface area contributed by atoms with Crippen LogP contribution in [0.25, 0.3) is 98.8 Å². The highest BCUT2D eigenvalue weighted by Crippen LogP contribution is 2.47. The van der Waals surface area contributed by atoms with Crippen LogP contribution >= 0.6 is 0 Å². The Labute approximate surface area is 284 Å². The van der Waals surface area contributed by atoms with Gasteiger partial charge in [-0.05, 0) is 89.6 Å². The summed E-state index contributed by atoms with van der Waals surface area (Å²) in [4.78, 5) is 0. The summed E-state index contributed by atoms with van der Waals surface area (Å²) in [6.45, 7) is 0. The van der Waals surface area contributed by atoms with E-state index in [0.717, 1.165) is 32.9 Å². The second kappa shape index (κ2) is 11.1. The Morgan fingerprint density at radius 1 is 0.286 bits per heavy atom. The van der Waals surface area contributed by atoms with Crippen LogP contribution in [-0.4, -0.2) is 0 Å². The van der Waals surface area contributed by atoms with E-state index in [9.17, 15) is 0 Å². The quantitative estimate of drug-likeness (QED) is 0.178. The van der Waals surface area contributed by atoms with Crippen LogP contribution in [0, 0.1) is 0 Å². The Balaban J connectivity index is 1.19. The third kappa shape index (κ3) is 4.40. The molecular weight excluding hydrogens is 593 g/mol. The highest BCUT2D eigenvalue weighted by molar-refractivity contribution is 6.23. The predicted molar refractivity (Wildman–Crippen MR) is 208 cm³/mol. The van der Waals surface area contributed by atoms with E-state index < -0.39 is 0 Å². The summed E-state index contributed by atoms with van der Waals surface area (Å²) in [6.07, 6.45) is 0. The van der Waals surface area contributed by atoms with E-state index >= 15 is 0 Å². The Morgan fingerprint density at radius 3 is 1.51 bits per heavy atom. The first-order valence-corrected chi connectivity index (χ1v) is 16.8. The minimum absolute atomic E-state index is 0.908. The monoisotopic (exact) mass is 622 g/mol. The van der Waals surface area contributed by atoms with Gasteiger partial charge in [0.25, 0.3) is 0 Å². The summed E-state index contributed by atoms with van der Waals surface area (Å²) in [5.74, 6) is 0. The van der Waals surface area contributed by atoms with Crippen LogP contribution in [0.4, 0.5) is 0 Å².